The second-order valence-electron chi connectivity index (χ2n) is 5.92. The number of likely N-dealkylation sites (tertiary alicyclic amines) is 1. The summed E-state index contributed by atoms with van der Waals surface area (Å²) in [5.41, 5.74) is 0.100. The summed E-state index contributed by atoms with van der Waals surface area (Å²) in [6.45, 7) is 9.00. The lowest BCUT2D eigenvalue weighted by atomic mass is 9.93. The van der Waals surface area contributed by atoms with Gasteiger partial charge in [-0.15, -0.1) is 0 Å². The molecule has 2 saturated heterocycles. The van der Waals surface area contributed by atoms with Crippen molar-refractivity contribution in [1.82, 2.24) is 10.2 Å². The van der Waals surface area contributed by atoms with E-state index in [-0.39, 0.29) is 5.60 Å². The monoisotopic (exact) mass is 226 g/mol. The molecule has 3 heteroatoms. The number of nitrogens with zero attached hydrogens (tertiary/aromatic N) is 1. The van der Waals surface area contributed by atoms with Crippen molar-refractivity contribution in [2.45, 2.75) is 44.8 Å². The van der Waals surface area contributed by atoms with Crippen LogP contribution in [0.4, 0.5) is 0 Å². The van der Waals surface area contributed by atoms with Crippen molar-refractivity contribution in [3.05, 3.63) is 0 Å². The smallest absolute Gasteiger partial charge is 0.0779 e. The van der Waals surface area contributed by atoms with Crippen LogP contribution in [-0.4, -0.2) is 49.8 Å². The van der Waals surface area contributed by atoms with Gasteiger partial charge in [-0.05, 0) is 45.7 Å². The molecule has 1 N–H and O–H groups in total. The standard InChI is InChI=1S/C13H26N2O/c1-11-9-15(3)7-5-12(11)14-10-13(2)6-4-8-16-13/h11-12,14H,4-10H2,1-3H3. The lowest BCUT2D eigenvalue weighted by molar-refractivity contribution is 0.0147. The van der Waals surface area contributed by atoms with E-state index in [2.05, 4.69) is 31.1 Å². The molecular formula is C13H26N2O. The third-order valence-electron chi connectivity index (χ3n) is 4.15. The predicted molar refractivity (Wildman–Crippen MR) is 66.7 cm³/mol. The lowest BCUT2D eigenvalue weighted by Gasteiger charge is -2.37. The first-order chi connectivity index (χ1) is 7.59. The predicted octanol–water partition coefficient (Wildman–Crippen LogP) is 1.49. The second-order valence-corrected chi connectivity index (χ2v) is 5.92. The van der Waals surface area contributed by atoms with E-state index in [0.29, 0.717) is 6.04 Å². The Kier molecular flexibility index (Phi) is 3.88. The molecule has 0 aromatic rings. The van der Waals surface area contributed by atoms with Crippen LogP contribution in [0.1, 0.15) is 33.1 Å². The van der Waals surface area contributed by atoms with Crippen molar-refractivity contribution in [2.24, 2.45) is 5.92 Å². The number of hydrogen-bond acceptors (Lipinski definition) is 3. The highest BCUT2D eigenvalue weighted by Crippen LogP contribution is 2.25. The average molecular weight is 226 g/mol. The van der Waals surface area contributed by atoms with Gasteiger partial charge in [0.1, 0.15) is 0 Å². The van der Waals surface area contributed by atoms with Gasteiger partial charge in [-0.2, -0.15) is 0 Å². The summed E-state index contributed by atoms with van der Waals surface area (Å²) in [6.07, 6.45) is 3.70. The molecule has 0 amide bonds. The molecule has 2 aliphatic heterocycles. The summed E-state index contributed by atoms with van der Waals surface area (Å²) >= 11 is 0. The zero-order valence-electron chi connectivity index (χ0n) is 11.0. The number of nitrogens with one attached hydrogen (secondary N) is 1. The molecule has 0 radical (unpaired) electrons. The molecule has 2 aliphatic rings. The van der Waals surface area contributed by atoms with Crippen molar-refractivity contribution in [3.63, 3.8) is 0 Å². The van der Waals surface area contributed by atoms with Crippen LogP contribution in [-0.2, 0) is 4.74 Å². The van der Waals surface area contributed by atoms with Crippen molar-refractivity contribution < 1.29 is 4.74 Å². The average Bonchev–Trinajstić information content (AvgIpc) is 2.64. The molecule has 16 heavy (non-hydrogen) atoms. The third-order valence-corrected chi connectivity index (χ3v) is 4.15. The molecule has 3 atom stereocenters. The van der Waals surface area contributed by atoms with Crippen LogP contribution >= 0.6 is 0 Å². The van der Waals surface area contributed by atoms with Crippen LogP contribution in [0.25, 0.3) is 0 Å². The fraction of sp³-hybridized carbons (Fsp3) is 1.00. The molecule has 0 aliphatic carbocycles. The Morgan fingerprint density at radius 3 is 2.94 bits per heavy atom. The molecular weight excluding hydrogens is 200 g/mol. The summed E-state index contributed by atoms with van der Waals surface area (Å²) in [7, 11) is 2.22. The van der Waals surface area contributed by atoms with Crippen LogP contribution in [0, 0.1) is 5.92 Å². The molecule has 0 bridgehead atoms. The largest absolute Gasteiger partial charge is 0.374 e. The quantitative estimate of drug-likeness (QED) is 0.789. The van der Waals surface area contributed by atoms with E-state index in [4.69, 9.17) is 4.74 Å². The molecule has 2 rings (SSSR count). The summed E-state index contributed by atoms with van der Waals surface area (Å²) in [5, 5.41) is 3.72. The molecule has 0 saturated carbocycles. The van der Waals surface area contributed by atoms with Crippen molar-refractivity contribution in [1.29, 1.82) is 0 Å². The van der Waals surface area contributed by atoms with Gasteiger partial charge in [0.2, 0.25) is 0 Å². The summed E-state index contributed by atoms with van der Waals surface area (Å²) in [5.74, 6) is 0.753. The van der Waals surface area contributed by atoms with Gasteiger partial charge < -0.3 is 15.0 Å². The van der Waals surface area contributed by atoms with E-state index in [1.54, 1.807) is 0 Å². The summed E-state index contributed by atoms with van der Waals surface area (Å²) in [4.78, 5) is 2.43. The van der Waals surface area contributed by atoms with Gasteiger partial charge in [-0.3, -0.25) is 0 Å². The number of rotatable bonds is 3. The van der Waals surface area contributed by atoms with Crippen LogP contribution in [0.5, 0.6) is 0 Å². The van der Waals surface area contributed by atoms with Crippen LogP contribution in [0.3, 0.4) is 0 Å². The van der Waals surface area contributed by atoms with Gasteiger partial charge in [0.25, 0.3) is 0 Å². The maximum absolute atomic E-state index is 5.81. The first-order valence-corrected chi connectivity index (χ1v) is 6.65. The molecule has 2 heterocycles. The Morgan fingerprint density at radius 2 is 2.31 bits per heavy atom. The highest BCUT2D eigenvalue weighted by atomic mass is 16.5. The van der Waals surface area contributed by atoms with Crippen LogP contribution in [0.15, 0.2) is 0 Å². The van der Waals surface area contributed by atoms with E-state index >= 15 is 0 Å². The Balaban J connectivity index is 1.77. The van der Waals surface area contributed by atoms with Crippen molar-refractivity contribution in [3.8, 4) is 0 Å². The molecule has 0 spiro atoms. The zero-order valence-corrected chi connectivity index (χ0v) is 11.0. The molecule has 0 aromatic carbocycles. The van der Waals surface area contributed by atoms with Crippen molar-refractivity contribution >= 4 is 0 Å². The van der Waals surface area contributed by atoms with Crippen molar-refractivity contribution in [2.75, 3.05) is 33.3 Å². The van der Waals surface area contributed by atoms with E-state index in [1.165, 1.54) is 32.4 Å². The van der Waals surface area contributed by atoms with Crippen LogP contribution < -0.4 is 5.32 Å². The van der Waals surface area contributed by atoms with Gasteiger partial charge >= 0.3 is 0 Å². The minimum absolute atomic E-state index is 0.100. The SMILES string of the molecule is CC1CN(C)CCC1NCC1(C)CCCO1. The van der Waals surface area contributed by atoms with E-state index in [1.807, 2.05) is 0 Å². The van der Waals surface area contributed by atoms with E-state index in [0.717, 1.165) is 19.1 Å². The lowest BCUT2D eigenvalue weighted by Crippen LogP contribution is -2.50. The fourth-order valence-electron chi connectivity index (χ4n) is 2.98. The molecule has 0 aromatic heterocycles. The van der Waals surface area contributed by atoms with Crippen LogP contribution in [0.2, 0.25) is 0 Å². The Hall–Kier alpha value is -0.120. The van der Waals surface area contributed by atoms with Gasteiger partial charge in [-0.25, -0.2) is 0 Å². The Labute approximate surface area is 99.5 Å². The first kappa shape index (κ1) is 12.3. The normalized spacial score (nSPS) is 41.4. The van der Waals surface area contributed by atoms with Gasteiger partial charge in [0, 0.05) is 25.7 Å². The van der Waals surface area contributed by atoms with Gasteiger partial charge in [0.05, 0.1) is 5.60 Å². The third kappa shape index (κ3) is 2.96. The number of ether oxygens (including phenoxy) is 1. The highest BCUT2D eigenvalue weighted by molar-refractivity contribution is 4.87. The number of hydrogen-bond donors (Lipinski definition) is 1. The van der Waals surface area contributed by atoms with E-state index < -0.39 is 0 Å². The Morgan fingerprint density at radius 1 is 1.50 bits per heavy atom. The maximum atomic E-state index is 5.81. The highest BCUT2D eigenvalue weighted by Gasteiger charge is 2.32. The molecule has 2 fully saturated rings. The minimum atomic E-state index is 0.100. The molecule has 3 nitrogen and oxygen atoms in total. The van der Waals surface area contributed by atoms with Gasteiger partial charge in [0.15, 0.2) is 0 Å². The topological polar surface area (TPSA) is 24.5 Å². The summed E-state index contributed by atoms with van der Waals surface area (Å²) in [6, 6.07) is 0.678. The second kappa shape index (κ2) is 5.03. The Bertz CT molecular complexity index is 226. The van der Waals surface area contributed by atoms with E-state index in [9.17, 15) is 0 Å². The number of piperidine rings is 1. The first-order valence-electron chi connectivity index (χ1n) is 6.65. The molecule has 3 unspecified atom stereocenters. The maximum Gasteiger partial charge on any atom is 0.0779 e. The minimum Gasteiger partial charge on any atom is -0.374 e. The zero-order chi connectivity index (χ0) is 11.6. The summed E-state index contributed by atoms with van der Waals surface area (Å²) < 4.78 is 5.81. The fourth-order valence-corrected chi connectivity index (χ4v) is 2.98. The van der Waals surface area contributed by atoms with Gasteiger partial charge in [-0.1, -0.05) is 6.92 Å². The molecule has 94 valence electrons.